The molecule has 0 bridgehead atoms. The van der Waals surface area contributed by atoms with Crippen molar-refractivity contribution in [3.8, 4) is 5.75 Å². The van der Waals surface area contributed by atoms with E-state index < -0.39 is 47.0 Å². The van der Waals surface area contributed by atoms with E-state index in [-0.39, 0.29) is 11.4 Å². The topological polar surface area (TPSA) is 80.8 Å². The second-order valence-corrected chi connectivity index (χ2v) is 8.82. The summed E-state index contributed by atoms with van der Waals surface area (Å²) < 4.78 is 65.1. The lowest BCUT2D eigenvalue weighted by Crippen LogP contribution is -2.44. The Balaban J connectivity index is 1.71. The first-order valence-corrected chi connectivity index (χ1v) is 10.6. The molecule has 34 heavy (non-hydrogen) atoms. The van der Waals surface area contributed by atoms with Gasteiger partial charge in [-0.3, -0.25) is 4.79 Å². The predicted octanol–water partition coefficient (Wildman–Crippen LogP) is 5.27. The van der Waals surface area contributed by atoms with E-state index in [1.165, 1.54) is 23.1 Å². The van der Waals surface area contributed by atoms with E-state index in [0.29, 0.717) is 25.9 Å². The van der Waals surface area contributed by atoms with Gasteiger partial charge in [-0.25, -0.2) is 9.78 Å². The number of amides is 2. The Bertz CT molecular complexity index is 1050. The minimum Gasteiger partial charge on any atom is -0.490 e. The molecule has 2 aromatic rings. The number of carbonyl (C=O) groups is 2. The van der Waals surface area contributed by atoms with Gasteiger partial charge in [0.2, 0.25) is 5.95 Å². The highest BCUT2D eigenvalue weighted by atomic mass is 19.4. The highest BCUT2D eigenvalue weighted by Crippen LogP contribution is 2.35. The summed E-state index contributed by atoms with van der Waals surface area (Å²) in [5, 5.41) is 2.26. The molecule has 1 N–H and O–H groups in total. The van der Waals surface area contributed by atoms with Gasteiger partial charge in [-0.2, -0.15) is 17.6 Å². The van der Waals surface area contributed by atoms with Gasteiger partial charge in [0, 0.05) is 43.9 Å². The fraction of sp³-hybridized carbons (Fsp3) is 0.435. The SMILES string of the molecule is CC(C)(C)OC(=O)N1CCC(Oc2cc(NC(=O)c3cccnc3F)cc(C(F)(F)F)c2)CC1. The van der Waals surface area contributed by atoms with Crippen LogP contribution in [0.4, 0.5) is 28.0 Å². The van der Waals surface area contributed by atoms with Gasteiger partial charge in [0.1, 0.15) is 17.5 Å². The number of ether oxygens (including phenoxy) is 2. The molecule has 1 saturated heterocycles. The maximum absolute atomic E-state index is 13.8. The molecule has 0 aliphatic carbocycles. The summed E-state index contributed by atoms with van der Waals surface area (Å²) in [7, 11) is 0. The number of nitrogens with zero attached hydrogens (tertiary/aromatic N) is 2. The molecule has 0 unspecified atom stereocenters. The Morgan fingerprint density at radius 3 is 2.38 bits per heavy atom. The van der Waals surface area contributed by atoms with Crippen molar-refractivity contribution in [2.24, 2.45) is 0 Å². The normalized spacial score (nSPS) is 15.1. The lowest BCUT2D eigenvalue weighted by molar-refractivity contribution is -0.137. The van der Waals surface area contributed by atoms with Crippen molar-refractivity contribution in [2.75, 3.05) is 18.4 Å². The lowest BCUT2D eigenvalue weighted by Gasteiger charge is -2.33. The average Bonchev–Trinajstić information content (AvgIpc) is 2.72. The van der Waals surface area contributed by atoms with E-state index in [9.17, 15) is 27.2 Å². The summed E-state index contributed by atoms with van der Waals surface area (Å²) in [6.45, 7) is 5.92. The van der Waals surface area contributed by atoms with Crippen LogP contribution < -0.4 is 10.1 Å². The zero-order chi connectivity index (χ0) is 25.1. The van der Waals surface area contributed by atoms with Crippen LogP contribution >= 0.6 is 0 Å². The first-order valence-electron chi connectivity index (χ1n) is 10.6. The summed E-state index contributed by atoms with van der Waals surface area (Å²) >= 11 is 0. The molecule has 2 amide bonds. The molecule has 0 radical (unpaired) electrons. The smallest absolute Gasteiger partial charge is 0.416 e. The molecule has 3 rings (SSSR count). The molecule has 2 heterocycles. The third-order valence-electron chi connectivity index (χ3n) is 4.89. The zero-order valence-corrected chi connectivity index (χ0v) is 18.9. The Morgan fingerprint density at radius 1 is 1.12 bits per heavy atom. The first kappa shape index (κ1) is 25.3. The van der Waals surface area contributed by atoms with Crippen LogP contribution in [0, 0.1) is 5.95 Å². The van der Waals surface area contributed by atoms with Crippen molar-refractivity contribution < 1.29 is 36.6 Å². The number of nitrogens with one attached hydrogen (secondary N) is 1. The summed E-state index contributed by atoms with van der Waals surface area (Å²) in [5.41, 5.74) is -2.28. The summed E-state index contributed by atoms with van der Waals surface area (Å²) in [6.07, 6.45) is -3.68. The van der Waals surface area contributed by atoms with Crippen LogP contribution in [0.25, 0.3) is 0 Å². The summed E-state index contributed by atoms with van der Waals surface area (Å²) in [4.78, 5) is 29.4. The average molecular weight is 483 g/mol. The van der Waals surface area contributed by atoms with Crippen LogP contribution in [0.15, 0.2) is 36.5 Å². The number of pyridine rings is 1. The van der Waals surface area contributed by atoms with Crippen molar-refractivity contribution in [1.29, 1.82) is 0 Å². The van der Waals surface area contributed by atoms with Gasteiger partial charge in [-0.1, -0.05) is 0 Å². The van der Waals surface area contributed by atoms with Crippen molar-refractivity contribution in [3.05, 3.63) is 53.6 Å². The maximum Gasteiger partial charge on any atom is 0.416 e. The molecule has 0 saturated carbocycles. The first-order chi connectivity index (χ1) is 15.8. The van der Waals surface area contributed by atoms with Crippen molar-refractivity contribution in [3.63, 3.8) is 0 Å². The van der Waals surface area contributed by atoms with Crippen molar-refractivity contribution >= 4 is 17.7 Å². The monoisotopic (exact) mass is 483 g/mol. The van der Waals surface area contributed by atoms with E-state index in [0.717, 1.165) is 18.3 Å². The number of hydrogen-bond donors (Lipinski definition) is 1. The van der Waals surface area contributed by atoms with Crippen LogP contribution in [0.3, 0.4) is 0 Å². The number of piperidine rings is 1. The Hall–Kier alpha value is -3.37. The highest BCUT2D eigenvalue weighted by molar-refractivity contribution is 6.04. The van der Waals surface area contributed by atoms with Crippen LogP contribution in [-0.4, -0.2) is 46.7 Å². The highest BCUT2D eigenvalue weighted by Gasteiger charge is 2.33. The molecule has 1 aromatic heterocycles. The van der Waals surface area contributed by atoms with Gasteiger partial charge >= 0.3 is 12.3 Å². The van der Waals surface area contributed by atoms with E-state index in [2.05, 4.69) is 10.3 Å². The molecular weight excluding hydrogens is 458 g/mol. The fourth-order valence-corrected chi connectivity index (χ4v) is 3.33. The molecule has 1 fully saturated rings. The molecule has 1 aliphatic rings. The van der Waals surface area contributed by atoms with Gasteiger partial charge in [0.25, 0.3) is 5.91 Å². The van der Waals surface area contributed by atoms with Gasteiger partial charge in [0.15, 0.2) is 0 Å². The van der Waals surface area contributed by atoms with Gasteiger partial charge < -0.3 is 19.7 Å². The Morgan fingerprint density at radius 2 is 1.79 bits per heavy atom. The van der Waals surface area contributed by atoms with Gasteiger partial charge in [-0.15, -0.1) is 0 Å². The largest absolute Gasteiger partial charge is 0.490 e. The summed E-state index contributed by atoms with van der Waals surface area (Å²) in [6, 6.07) is 5.32. The van der Waals surface area contributed by atoms with Crippen LogP contribution in [0.1, 0.15) is 49.5 Å². The Labute approximate surface area is 194 Å². The van der Waals surface area contributed by atoms with Crippen LogP contribution in [0.5, 0.6) is 5.75 Å². The van der Waals surface area contributed by atoms with Crippen LogP contribution in [0.2, 0.25) is 0 Å². The summed E-state index contributed by atoms with van der Waals surface area (Å²) in [5.74, 6) is -2.09. The number of halogens is 4. The molecule has 184 valence electrons. The van der Waals surface area contributed by atoms with Crippen molar-refractivity contribution in [2.45, 2.75) is 51.5 Å². The van der Waals surface area contributed by atoms with E-state index in [1.807, 2.05) is 0 Å². The van der Waals surface area contributed by atoms with E-state index in [1.54, 1.807) is 20.8 Å². The molecule has 1 aliphatic heterocycles. The molecule has 1 aromatic carbocycles. The minimum atomic E-state index is -4.70. The third kappa shape index (κ3) is 6.82. The van der Waals surface area contributed by atoms with Crippen LogP contribution in [-0.2, 0) is 10.9 Å². The van der Waals surface area contributed by atoms with Gasteiger partial charge in [-0.05, 0) is 45.0 Å². The zero-order valence-electron chi connectivity index (χ0n) is 18.9. The van der Waals surface area contributed by atoms with Crippen molar-refractivity contribution in [1.82, 2.24) is 9.88 Å². The van der Waals surface area contributed by atoms with Gasteiger partial charge in [0.05, 0.1) is 11.1 Å². The number of benzene rings is 1. The number of rotatable bonds is 4. The number of likely N-dealkylation sites (tertiary alicyclic amines) is 1. The molecule has 7 nitrogen and oxygen atoms in total. The number of carbonyl (C=O) groups excluding carboxylic acids is 2. The number of alkyl halides is 3. The molecule has 11 heteroatoms. The lowest BCUT2D eigenvalue weighted by atomic mass is 10.1. The molecular formula is C23H25F4N3O4. The standard InChI is InChI=1S/C23H25F4N3O4/c1-22(2,3)34-21(32)30-9-6-16(7-10-30)33-17-12-14(23(25,26)27)11-15(13-17)29-20(31)18-5-4-8-28-19(18)24/h4-5,8,11-13,16H,6-7,9-10H2,1-3H3,(H,29,31). The minimum absolute atomic E-state index is 0.104. The maximum atomic E-state index is 13.8. The fourth-order valence-electron chi connectivity index (χ4n) is 3.33. The third-order valence-corrected chi connectivity index (χ3v) is 4.89. The predicted molar refractivity (Wildman–Crippen MR) is 115 cm³/mol. The number of hydrogen-bond acceptors (Lipinski definition) is 5. The molecule has 0 atom stereocenters. The second kappa shape index (κ2) is 9.86. The quantitative estimate of drug-likeness (QED) is 0.473. The number of anilines is 1. The number of aromatic nitrogens is 1. The van der Waals surface area contributed by atoms with E-state index in [4.69, 9.17) is 9.47 Å². The van der Waals surface area contributed by atoms with E-state index >= 15 is 0 Å². The second-order valence-electron chi connectivity index (χ2n) is 8.82. The Kier molecular flexibility index (Phi) is 7.32. The molecule has 0 spiro atoms.